The number of rotatable bonds is 6. The minimum absolute atomic E-state index is 0.0334. The van der Waals surface area contributed by atoms with Crippen LogP contribution in [0, 0.1) is 18.3 Å². The predicted octanol–water partition coefficient (Wildman–Crippen LogP) is 2.83. The molecular weight excluding hydrogens is 360 g/mol. The second-order valence-electron chi connectivity index (χ2n) is 5.27. The monoisotopic (exact) mass is 376 g/mol. The predicted molar refractivity (Wildman–Crippen MR) is 95.6 cm³/mol. The molecule has 1 aromatic heterocycles. The topological polar surface area (TPSA) is 101 Å². The van der Waals surface area contributed by atoms with E-state index in [1.54, 1.807) is 32.0 Å². The summed E-state index contributed by atoms with van der Waals surface area (Å²) in [5, 5.41) is 9.46. The van der Waals surface area contributed by atoms with E-state index in [0.717, 1.165) is 0 Å². The van der Waals surface area contributed by atoms with Crippen LogP contribution in [0.1, 0.15) is 18.2 Å². The largest absolute Gasteiger partial charge is 0.493 e. The van der Waals surface area contributed by atoms with Crippen molar-refractivity contribution in [2.24, 2.45) is 0 Å². The number of hydrogen-bond donors (Lipinski definition) is 1. The van der Waals surface area contributed by atoms with Crippen LogP contribution >= 0.6 is 11.6 Å². The van der Waals surface area contributed by atoms with Gasteiger partial charge >= 0.3 is 5.97 Å². The minimum atomic E-state index is -0.535. The third-order valence-corrected chi connectivity index (χ3v) is 3.74. The summed E-state index contributed by atoms with van der Waals surface area (Å²) >= 11 is 6.27. The number of nitrogens with one attached hydrogen (secondary N) is 1. The van der Waals surface area contributed by atoms with Gasteiger partial charge in [0, 0.05) is 11.3 Å². The molecule has 0 aliphatic heterocycles. The third-order valence-electron chi connectivity index (χ3n) is 3.46. The number of aromatic nitrogens is 1. The first-order valence-electron chi connectivity index (χ1n) is 7.71. The molecule has 2 aromatic rings. The summed E-state index contributed by atoms with van der Waals surface area (Å²) < 4.78 is 15.5. The molecule has 136 valence electrons. The summed E-state index contributed by atoms with van der Waals surface area (Å²) in [4.78, 5) is 26.0. The average molecular weight is 377 g/mol. The second kappa shape index (κ2) is 8.41. The van der Waals surface area contributed by atoms with Gasteiger partial charge in [0.2, 0.25) is 0 Å². The Kier molecular flexibility index (Phi) is 6.26. The highest BCUT2D eigenvalue weighted by Gasteiger charge is 2.18. The molecule has 0 spiro atoms. The van der Waals surface area contributed by atoms with Crippen LogP contribution in [-0.4, -0.2) is 31.3 Å². The van der Waals surface area contributed by atoms with Crippen molar-refractivity contribution in [3.05, 3.63) is 44.8 Å². The van der Waals surface area contributed by atoms with Gasteiger partial charge in [0.25, 0.3) is 5.56 Å². The highest BCUT2D eigenvalue weighted by atomic mass is 35.5. The molecule has 0 amide bonds. The number of pyridine rings is 1. The van der Waals surface area contributed by atoms with E-state index in [-0.39, 0.29) is 35.3 Å². The number of carbonyl (C=O) groups is 1. The van der Waals surface area contributed by atoms with Gasteiger partial charge in [-0.1, -0.05) is 11.6 Å². The van der Waals surface area contributed by atoms with Gasteiger partial charge in [-0.25, -0.2) is 4.79 Å². The Bertz CT molecular complexity index is 930. The van der Waals surface area contributed by atoms with Gasteiger partial charge in [0.15, 0.2) is 18.1 Å². The number of nitriles is 1. The summed E-state index contributed by atoms with van der Waals surface area (Å²) in [6, 6.07) is 6.69. The molecule has 8 heteroatoms. The van der Waals surface area contributed by atoms with Crippen molar-refractivity contribution in [1.82, 2.24) is 4.98 Å². The molecule has 0 saturated heterocycles. The minimum Gasteiger partial charge on any atom is -0.493 e. The van der Waals surface area contributed by atoms with E-state index in [0.29, 0.717) is 16.8 Å². The molecule has 7 nitrogen and oxygen atoms in total. The molecule has 0 fully saturated rings. The molecule has 1 aromatic carbocycles. The zero-order valence-corrected chi connectivity index (χ0v) is 15.3. The van der Waals surface area contributed by atoms with Crippen LogP contribution in [0.15, 0.2) is 23.0 Å². The first-order valence-corrected chi connectivity index (χ1v) is 8.09. The fraction of sp³-hybridized carbons (Fsp3) is 0.278. The van der Waals surface area contributed by atoms with Crippen LogP contribution in [0.5, 0.6) is 11.5 Å². The number of halogens is 1. The number of H-pyrrole nitrogens is 1. The molecule has 0 radical (unpaired) electrons. The lowest BCUT2D eigenvalue weighted by Crippen LogP contribution is -2.15. The van der Waals surface area contributed by atoms with Crippen molar-refractivity contribution in [3.8, 4) is 28.7 Å². The number of aromatic amines is 1. The summed E-state index contributed by atoms with van der Waals surface area (Å²) in [5.74, 6) is -0.101. The van der Waals surface area contributed by atoms with Crippen LogP contribution in [0.4, 0.5) is 0 Å². The van der Waals surface area contributed by atoms with Crippen LogP contribution in [0.3, 0.4) is 0 Å². The number of hydrogen-bond acceptors (Lipinski definition) is 6. The zero-order chi connectivity index (χ0) is 19.3. The average Bonchev–Trinajstić information content (AvgIpc) is 2.59. The fourth-order valence-corrected chi connectivity index (χ4v) is 2.64. The van der Waals surface area contributed by atoms with Gasteiger partial charge in [0.05, 0.1) is 18.7 Å². The van der Waals surface area contributed by atoms with Crippen molar-refractivity contribution in [2.45, 2.75) is 13.8 Å². The number of benzene rings is 1. The van der Waals surface area contributed by atoms with Gasteiger partial charge in [-0.15, -0.1) is 0 Å². The van der Waals surface area contributed by atoms with E-state index < -0.39 is 11.5 Å². The van der Waals surface area contributed by atoms with E-state index >= 15 is 0 Å². The van der Waals surface area contributed by atoms with Gasteiger partial charge in [-0.05, 0) is 37.6 Å². The summed E-state index contributed by atoms with van der Waals surface area (Å²) in [6.45, 7) is 3.32. The molecule has 0 aliphatic carbocycles. The first kappa shape index (κ1) is 19.3. The Morgan fingerprint density at radius 3 is 2.69 bits per heavy atom. The number of ether oxygens (including phenoxy) is 3. The van der Waals surface area contributed by atoms with Crippen molar-refractivity contribution < 1.29 is 19.0 Å². The van der Waals surface area contributed by atoms with E-state index in [2.05, 4.69) is 4.98 Å². The van der Waals surface area contributed by atoms with Gasteiger partial charge < -0.3 is 19.2 Å². The maximum atomic E-state index is 12.0. The summed E-state index contributed by atoms with van der Waals surface area (Å²) in [6.07, 6.45) is 0. The highest BCUT2D eigenvalue weighted by Crippen LogP contribution is 2.40. The summed E-state index contributed by atoms with van der Waals surface area (Å²) in [7, 11) is 1.42. The molecular formula is C18H17ClN2O5. The maximum absolute atomic E-state index is 12.0. The van der Waals surface area contributed by atoms with Crippen molar-refractivity contribution in [2.75, 3.05) is 20.3 Å². The molecule has 2 rings (SSSR count). The molecule has 26 heavy (non-hydrogen) atoms. The van der Waals surface area contributed by atoms with Crippen LogP contribution < -0.4 is 15.0 Å². The Hall–Kier alpha value is -2.98. The van der Waals surface area contributed by atoms with E-state index in [1.807, 2.05) is 6.07 Å². The lowest BCUT2D eigenvalue weighted by Gasteiger charge is -2.14. The van der Waals surface area contributed by atoms with Gasteiger partial charge in [0.1, 0.15) is 11.6 Å². The van der Waals surface area contributed by atoms with Crippen LogP contribution in [0.25, 0.3) is 11.1 Å². The normalized spacial score (nSPS) is 10.1. The van der Waals surface area contributed by atoms with Crippen molar-refractivity contribution in [3.63, 3.8) is 0 Å². The van der Waals surface area contributed by atoms with Crippen LogP contribution in [-0.2, 0) is 9.53 Å². The van der Waals surface area contributed by atoms with Crippen LogP contribution in [0.2, 0.25) is 5.02 Å². The number of esters is 1. The van der Waals surface area contributed by atoms with Gasteiger partial charge in [-0.2, -0.15) is 5.26 Å². The Morgan fingerprint density at radius 1 is 1.35 bits per heavy atom. The second-order valence-corrected chi connectivity index (χ2v) is 5.67. The molecule has 1 heterocycles. The maximum Gasteiger partial charge on any atom is 0.344 e. The quantitative estimate of drug-likeness (QED) is 0.778. The molecule has 1 N–H and O–H groups in total. The number of carbonyl (C=O) groups excluding carboxylic acids is 1. The third kappa shape index (κ3) is 4.16. The standard InChI is InChI=1S/C18H17ClN2O5/c1-4-25-16(22)9-26-17-14(19)6-11(7-15(17)24-3)12-5-10(2)21-18(23)13(12)8-20/h5-7H,4,9H2,1-3H3,(H,21,23). The lowest BCUT2D eigenvalue weighted by atomic mass is 10.0. The summed E-state index contributed by atoms with van der Waals surface area (Å²) in [5.41, 5.74) is 1.02. The van der Waals surface area contributed by atoms with E-state index in [9.17, 15) is 14.9 Å². The number of methoxy groups -OCH3 is 1. The fourth-order valence-electron chi connectivity index (χ4n) is 2.38. The highest BCUT2D eigenvalue weighted by molar-refractivity contribution is 6.32. The molecule has 0 unspecified atom stereocenters. The van der Waals surface area contributed by atoms with E-state index in [4.69, 9.17) is 25.8 Å². The molecule has 0 bridgehead atoms. The Balaban J connectivity index is 2.49. The zero-order valence-electron chi connectivity index (χ0n) is 14.5. The SMILES string of the molecule is CCOC(=O)COc1c(Cl)cc(-c2cc(C)[nH]c(=O)c2C#N)cc1OC. The Labute approximate surface area is 155 Å². The Morgan fingerprint density at radius 2 is 2.08 bits per heavy atom. The smallest absolute Gasteiger partial charge is 0.344 e. The van der Waals surface area contributed by atoms with Crippen molar-refractivity contribution >= 4 is 17.6 Å². The van der Waals surface area contributed by atoms with Crippen molar-refractivity contribution in [1.29, 1.82) is 5.26 Å². The first-order chi connectivity index (χ1) is 12.4. The molecule has 0 atom stereocenters. The van der Waals surface area contributed by atoms with Gasteiger partial charge in [-0.3, -0.25) is 4.79 Å². The molecule has 0 saturated carbocycles. The number of nitrogens with zero attached hydrogens (tertiary/aromatic N) is 1. The number of aryl methyl sites for hydroxylation is 1. The van der Waals surface area contributed by atoms with E-state index in [1.165, 1.54) is 7.11 Å². The lowest BCUT2D eigenvalue weighted by molar-refractivity contribution is -0.145. The molecule has 0 aliphatic rings.